The molecule has 0 spiro atoms. The topological polar surface area (TPSA) is 37.8 Å². The average molecular weight is 384 g/mol. The number of benzene rings is 1. The number of hydrogen-bond acceptors (Lipinski definition) is 4. The molecule has 0 radical (unpaired) electrons. The van der Waals surface area contributed by atoms with Gasteiger partial charge in [0, 0.05) is 4.88 Å². The van der Waals surface area contributed by atoms with E-state index >= 15 is 0 Å². The molecular formula is C17H13ClF3N3S. The summed E-state index contributed by atoms with van der Waals surface area (Å²) in [7, 11) is 0. The average Bonchev–Trinajstić information content (AvgIpc) is 2.92. The number of alkyl halides is 3. The summed E-state index contributed by atoms with van der Waals surface area (Å²) in [5.74, 6) is 0.339. The van der Waals surface area contributed by atoms with Gasteiger partial charge in [-0.1, -0.05) is 12.1 Å². The van der Waals surface area contributed by atoms with Crippen LogP contribution in [0.1, 0.15) is 28.8 Å². The number of fused-ring (bicyclic) bond motifs is 3. The van der Waals surface area contributed by atoms with E-state index in [1.165, 1.54) is 17.0 Å². The fraction of sp³-hybridized carbons (Fsp3) is 0.294. The Balaban J connectivity index is 1.87. The van der Waals surface area contributed by atoms with E-state index in [0.29, 0.717) is 5.82 Å². The van der Waals surface area contributed by atoms with E-state index in [4.69, 9.17) is 11.6 Å². The van der Waals surface area contributed by atoms with Gasteiger partial charge in [-0.05, 0) is 55.0 Å². The second-order valence-corrected chi connectivity index (χ2v) is 7.32. The maximum atomic E-state index is 13.3. The first kappa shape index (κ1) is 16.6. The van der Waals surface area contributed by atoms with Crippen LogP contribution in [0, 0.1) is 0 Å². The SMILES string of the molecule is FC(F)(F)c1ccccc1Nc1nc(Cl)nc2sc3c(c12)CCCC3. The summed E-state index contributed by atoms with van der Waals surface area (Å²) in [4.78, 5) is 10.4. The first-order valence-corrected chi connectivity index (χ1v) is 9.04. The zero-order chi connectivity index (χ0) is 17.6. The van der Waals surface area contributed by atoms with Crippen molar-refractivity contribution in [3.05, 3.63) is 45.6 Å². The van der Waals surface area contributed by atoms with Crippen molar-refractivity contribution in [3.63, 3.8) is 0 Å². The van der Waals surface area contributed by atoms with Gasteiger partial charge in [0.25, 0.3) is 0 Å². The molecule has 2 heterocycles. The highest BCUT2D eigenvalue weighted by atomic mass is 35.5. The van der Waals surface area contributed by atoms with Crippen molar-refractivity contribution >= 4 is 44.7 Å². The summed E-state index contributed by atoms with van der Waals surface area (Å²) in [6.07, 6.45) is -0.434. The van der Waals surface area contributed by atoms with Gasteiger partial charge in [0.1, 0.15) is 10.6 Å². The number of nitrogens with zero attached hydrogens (tertiary/aromatic N) is 2. The van der Waals surface area contributed by atoms with Crippen molar-refractivity contribution in [1.29, 1.82) is 0 Å². The molecule has 0 aliphatic heterocycles. The van der Waals surface area contributed by atoms with Crippen molar-refractivity contribution in [1.82, 2.24) is 9.97 Å². The summed E-state index contributed by atoms with van der Waals surface area (Å²) in [6.45, 7) is 0. The Hall–Kier alpha value is -1.86. The second-order valence-electron chi connectivity index (χ2n) is 5.90. The lowest BCUT2D eigenvalue weighted by atomic mass is 9.97. The number of thiophene rings is 1. The molecule has 0 amide bonds. The van der Waals surface area contributed by atoms with Gasteiger partial charge in [-0.3, -0.25) is 0 Å². The van der Waals surface area contributed by atoms with Gasteiger partial charge < -0.3 is 5.32 Å². The van der Waals surface area contributed by atoms with Crippen LogP contribution in [-0.4, -0.2) is 9.97 Å². The van der Waals surface area contributed by atoms with Gasteiger partial charge >= 0.3 is 6.18 Å². The number of halogens is 4. The molecule has 25 heavy (non-hydrogen) atoms. The molecule has 1 aliphatic rings. The summed E-state index contributed by atoms with van der Waals surface area (Å²) in [6, 6.07) is 5.36. The van der Waals surface area contributed by atoms with Crippen molar-refractivity contribution in [2.24, 2.45) is 0 Å². The zero-order valence-electron chi connectivity index (χ0n) is 13.0. The highest BCUT2D eigenvalue weighted by Gasteiger charge is 2.33. The van der Waals surface area contributed by atoms with Crippen molar-refractivity contribution in [2.45, 2.75) is 31.9 Å². The minimum Gasteiger partial charge on any atom is -0.339 e. The lowest BCUT2D eigenvalue weighted by Crippen LogP contribution is -2.09. The van der Waals surface area contributed by atoms with E-state index in [-0.39, 0.29) is 11.0 Å². The van der Waals surface area contributed by atoms with Crippen LogP contribution in [0.4, 0.5) is 24.7 Å². The van der Waals surface area contributed by atoms with Crippen LogP contribution in [0.2, 0.25) is 5.28 Å². The molecule has 4 rings (SSSR count). The van der Waals surface area contributed by atoms with E-state index in [9.17, 15) is 13.2 Å². The number of rotatable bonds is 2. The van der Waals surface area contributed by atoms with Gasteiger partial charge in [-0.2, -0.15) is 18.2 Å². The van der Waals surface area contributed by atoms with Gasteiger partial charge in [0.2, 0.25) is 5.28 Å². The third kappa shape index (κ3) is 3.06. The Labute approximate surface area is 150 Å². The van der Waals surface area contributed by atoms with Gasteiger partial charge in [-0.15, -0.1) is 11.3 Å². The smallest absolute Gasteiger partial charge is 0.339 e. The van der Waals surface area contributed by atoms with Crippen molar-refractivity contribution in [2.75, 3.05) is 5.32 Å². The molecule has 0 unspecified atom stereocenters. The molecule has 0 saturated carbocycles. The Morgan fingerprint density at radius 2 is 1.84 bits per heavy atom. The van der Waals surface area contributed by atoms with Crippen LogP contribution in [-0.2, 0) is 19.0 Å². The molecule has 1 aromatic carbocycles. The predicted molar refractivity (Wildman–Crippen MR) is 93.8 cm³/mol. The third-order valence-electron chi connectivity index (χ3n) is 4.27. The maximum absolute atomic E-state index is 13.3. The quantitative estimate of drug-likeness (QED) is 0.552. The molecule has 0 fully saturated rings. The predicted octanol–water partition coefficient (Wildman–Crippen LogP) is 5.99. The van der Waals surface area contributed by atoms with Crippen molar-refractivity contribution < 1.29 is 13.2 Å². The standard InChI is InChI=1S/C17H13ClF3N3S/c18-16-23-14(22-11-7-3-2-6-10(11)17(19,20)21)13-9-5-1-4-8-12(9)25-15(13)24-16/h2-3,6-7H,1,4-5,8H2,(H,22,23,24). The number of aryl methyl sites for hydroxylation is 2. The minimum atomic E-state index is -4.45. The fourth-order valence-corrected chi connectivity index (χ4v) is 4.67. The van der Waals surface area contributed by atoms with E-state index in [0.717, 1.165) is 47.5 Å². The molecule has 0 saturated heterocycles. The first-order chi connectivity index (χ1) is 11.9. The van der Waals surface area contributed by atoms with E-state index < -0.39 is 11.7 Å². The largest absolute Gasteiger partial charge is 0.418 e. The zero-order valence-corrected chi connectivity index (χ0v) is 14.5. The van der Waals surface area contributed by atoms with E-state index in [1.807, 2.05) is 0 Å². The molecule has 3 aromatic rings. The van der Waals surface area contributed by atoms with Crippen LogP contribution in [0.15, 0.2) is 24.3 Å². The number of hydrogen-bond donors (Lipinski definition) is 1. The minimum absolute atomic E-state index is 0.0260. The van der Waals surface area contributed by atoms with Crippen LogP contribution in [0.25, 0.3) is 10.2 Å². The van der Waals surface area contributed by atoms with E-state index in [1.54, 1.807) is 17.4 Å². The van der Waals surface area contributed by atoms with E-state index in [2.05, 4.69) is 15.3 Å². The molecule has 0 atom stereocenters. The molecular weight excluding hydrogens is 371 g/mol. The molecule has 2 aromatic heterocycles. The fourth-order valence-electron chi connectivity index (χ4n) is 3.19. The maximum Gasteiger partial charge on any atom is 0.418 e. The number of anilines is 2. The van der Waals surface area contributed by atoms with Gasteiger partial charge in [0.05, 0.1) is 16.6 Å². The van der Waals surface area contributed by atoms with Gasteiger partial charge in [0.15, 0.2) is 0 Å². The summed E-state index contributed by atoms with van der Waals surface area (Å²) in [5, 5.41) is 3.67. The van der Waals surface area contributed by atoms with Crippen LogP contribution >= 0.6 is 22.9 Å². The lowest BCUT2D eigenvalue weighted by Gasteiger charge is -2.16. The molecule has 8 heteroatoms. The second kappa shape index (κ2) is 6.14. The Bertz CT molecular complexity index is 952. The normalized spacial score (nSPS) is 14.6. The molecule has 0 bridgehead atoms. The third-order valence-corrected chi connectivity index (χ3v) is 5.63. The monoisotopic (exact) mass is 383 g/mol. The summed E-state index contributed by atoms with van der Waals surface area (Å²) >= 11 is 7.56. The highest BCUT2D eigenvalue weighted by molar-refractivity contribution is 7.19. The van der Waals surface area contributed by atoms with Crippen LogP contribution in [0.3, 0.4) is 0 Å². The number of nitrogens with one attached hydrogen (secondary N) is 1. The van der Waals surface area contributed by atoms with Gasteiger partial charge in [-0.25, -0.2) is 4.98 Å². The molecule has 1 N–H and O–H groups in total. The first-order valence-electron chi connectivity index (χ1n) is 7.84. The molecule has 3 nitrogen and oxygen atoms in total. The number of aromatic nitrogens is 2. The Kier molecular flexibility index (Phi) is 4.08. The van der Waals surface area contributed by atoms with Crippen LogP contribution < -0.4 is 5.32 Å². The Morgan fingerprint density at radius 1 is 1.08 bits per heavy atom. The number of para-hydroxylation sites is 1. The summed E-state index contributed by atoms with van der Waals surface area (Å²) < 4.78 is 39.8. The molecule has 1 aliphatic carbocycles. The Morgan fingerprint density at radius 3 is 2.64 bits per heavy atom. The van der Waals surface area contributed by atoms with Crippen LogP contribution in [0.5, 0.6) is 0 Å². The lowest BCUT2D eigenvalue weighted by molar-refractivity contribution is -0.136. The highest BCUT2D eigenvalue weighted by Crippen LogP contribution is 2.41. The summed E-state index contributed by atoms with van der Waals surface area (Å²) in [5.41, 5.74) is 0.360. The van der Waals surface area contributed by atoms with Crippen molar-refractivity contribution in [3.8, 4) is 0 Å². The molecule has 130 valence electrons.